The fraction of sp³-hybridized carbons (Fsp3) is 0.179. The lowest BCUT2D eigenvalue weighted by Crippen LogP contribution is -2.29. The highest BCUT2D eigenvalue weighted by Gasteiger charge is 2.46. The summed E-state index contributed by atoms with van der Waals surface area (Å²) in [6, 6.07) is 16.6. The minimum atomic E-state index is -1.07. The lowest BCUT2D eigenvalue weighted by molar-refractivity contribution is -0.140. The number of methoxy groups -OCH3 is 1. The average molecular weight is 522 g/mol. The van der Waals surface area contributed by atoms with Crippen molar-refractivity contribution in [3.63, 3.8) is 0 Å². The van der Waals surface area contributed by atoms with Crippen LogP contribution >= 0.6 is 11.6 Å². The number of rotatable bonds is 8. The first kappa shape index (κ1) is 25.8. The molecule has 1 unspecified atom stereocenters. The van der Waals surface area contributed by atoms with Crippen LogP contribution in [0, 0.1) is 0 Å². The molecule has 1 aliphatic rings. The maximum Gasteiger partial charge on any atom is 0.335 e. The van der Waals surface area contributed by atoms with Crippen LogP contribution in [0.5, 0.6) is 11.5 Å². The third-order valence-corrected chi connectivity index (χ3v) is 6.32. The van der Waals surface area contributed by atoms with Gasteiger partial charge in [-0.3, -0.25) is 9.59 Å². The number of Topliss-reactive ketones (excluding diaryl/α,β-unsaturated/α-hetero) is 1. The number of carbonyl (C=O) groups is 3. The smallest absolute Gasteiger partial charge is 0.335 e. The molecule has 3 aromatic rings. The van der Waals surface area contributed by atoms with Gasteiger partial charge in [0.1, 0.15) is 17.3 Å². The van der Waals surface area contributed by atoms with Gasteiger partial charge in [-0.2, -0.15) is 0 Å². The summed E-state index contributed by atoms with van der Waals surface area (Å²) in [4.78, 5) is 39.1. The number of hydrogen-bond acceptors (Lipinski definition) is 6. The largest absolute Gasteiger partial charge is 0.507 e. The fourth-order valence-electron chi connectivity index (χ4n) is 4.22. The molecule has 9 heteroatoms. The minimum absolute atomic E-state index is 0.00788. The van der Waals surface area contributed by atoms with E-state index < -0.39 is 23.7 Å². The van der Waals surface area contributed by atoms with Crippen LogP contribution in [0.1, 0.15) is 40.0 Å². The topological polar surface area (TPSA) is 113 Å². The van der Waals surface area contributed by atoms with E-state index in [-0.39, 0.29) is 29.0 Å². The van der Waals surface area contributed by atoms with Gasteiger partial charge in [0.05, 0.1) is 35.9 Å². The first-order chi connectivity index (χ1) is 17.7. The predicted octanol–water partition coefficient (Wildman–Crippen LogP) is 5.07. The number of aliphatic hydroxyl groups is 1. The first-order valence-corrected chi connectivity index (χ1v) is 11.8. The van der Waals surface area contributed by atoms with Crippen LogP contribution < -0.4 is 9.47 Å². The van der Waals surface area contributed by atoms with Crippen molar-refractivity contribution in [2.75, 3.05) is 13.7 Å². The van der Waals surface area contributed by atoms with E-state index in [1.807, 2.05) is 0 Å². The summed E-state index contributed by atoms with van der Waals surface area (Å²) in [5, 5.41) is 20.8. The Hall–Kier alpha value is -4.30. The first-order valence-electron chi connectivity index (χ1n) is 11.4. The van der Waals surface area contributed by atoms with Crippen molar-refractivity contribution < 1.29 is 34.1 Å². The third-order valence-electron chi connectivity index (χ3n) is 6.01. The molecule has 37 heavy (non-hydrogen) atoms. The Balaban J connectivity index is 1.84. The molecule has 1 saturated heterocycles. The molecule has 0 bridgehead atoms. The number of ketones is 1. The Morgan fingerprint density at radius 3 is 2.35 bits per heavy atom. The Bertz CT molecular complexity index is 1400. The number of carbonyl (C=O) groups excluding carboxylic acids is 2. The number of ether oxygens (including phenoxy) is 2. The minimum Gasteiger partial charge on any atom is -0.507 e. The normalized spacial score (nSPS) is 16.6. The Kier molecular flexibility index (Phi) is 7.50. The van der Waals surface area contributed by atoms with Gasteiger partial charge in [0.15, 0.2) is 0 Å². The highest BCUT2D eigenvalue weighted by Crippen LogP contribution is 2.42. The summed E-state index contributed by atoms with van der Waals surface area (Å²) in [7, 11) is 1.50. The molecule has 1 fully saturated rings. The van der Waals surface area contributed by atoms with Gasteiger partial charge in [0.25, 0.3) is 11.7 Å². The van der Waals surface area contributed by atoms with Crippen molar-refractivity contribution in [2.45, 2.75) is 19.5 Å². The van der Waals surface area contributed by atoms with Crippen molar-refractivity contribution in [3.8, 4) is 11.5 Å². The Morgan fingerprint density at radius 1 is 1.00 bits per heavy atom. The zero-order valence-electron chi connectivity index (χ0n) is 20.1. The second-order valence-electron chi connectivity index (χ2n) is 8.28. The van der Waals surface area contributed by atoms with Gasteiger partial charge in [0, 0.05) is 12.1 Å². The van der Waals surface area contributed by atoms with Gasteiger partial charge in [-0.1, -0.05) is 35.9 Å². The van der Waals surface area contributed by atoms with Crippen LogP contribution in [0.2, 0.25) is 5.02 Å². The lowest BCUT2D eigenvalue weighted by atomic mass is 9.95. The van der Waals surface area contributed by atoms with Crippen molar-refractivity contribution in [2.24, 2.45) is 0 Å². The zero-order chi connectivity index (χ0) is 26.7. The van der Waals surface area contributed by atoms with E-state index in [0.29, 0.717) is 34.3 Å². The van der Waals surface area contributed by atoms with Gasteiger partial charge in [-0.25, -0.2) is 4.79 Å². The van der Waals surface area contributed by atoms with Gasteiger partial charge in [-0.15, -0.1) is 0 Å². The van der Waals surface area contributed by atoms with E-state index in [1.54, 1.807) is 55.5 Å². The Morgan fingerprint density at radius 2 is 1.70 bits per heavy atom. The van der Waals surface area contributed by atoms with E-state index in [9.17, 15) is 24.6 Å². The number of likely N-dealkylation sites (tertiary alicyclic amines) is 1. The highest BCUT2D eigenvalue weighted by atomic mass is 35.5. The number of halogens is 1. The lowest BCUT2D eigenvalue weighted by Gasteiger charge is -2.26. The summed E-state index contributed by atoms with van der Waals surface area (Å²) in [5.41, 5.74) is 1.45. The van der Waals surface area contributed by atoms with E-state index in [0.717, 1.165) is 0 Å². The fourth-order valence-corrected chi connectivity index (χ4v) is 4.40. The van der Waals surface area contributed by atoms with Crippen molar-refractivity contribution in [3.05, 3.63) is 99.6 Å². The number of hydrogen-bond donors (Lipinski definition) is 2. The number of nitrogens with zero attached hydrogens (tertiary/aromatic N) is 1. The van der Waals surface area contributed by atoms with Crippen LogP contribution in [0.3, 0.4) is 0 Å². The molecule has 1 atom stereocenters. The highest BCUT2D eigenvalue weighted by molar-refractivity contribution is 6.46. The molecule has 0 saturated carbocycles. The van der Waals surface area contributed by atoms with Gasteiger partial charge >= 0.3 is 5.97 Å². The summed E-state index contributed by atoms with van der Waals surface area (Å²) >= 11 is 6.19. The quantitative estimate of drug-likeness (QED) is 0.242. The van der Waals surface area contributed by atoms with Gasteiger partial charge in [-0.05, 0) is 60.5 Å². The number of benzene rings is 3. The SMILES string of the molecule is CCOc1cc(/C(O)=C2/C(=O)C(=O)N(Cc3ccc(C(=O)O)cc3)C2c2cccc(OC)c2)ccc1Cl. The number of amides is 1. The maximum atomic E-state index is 13.3. The van der Waals surface area contributed by atoms with Crippen LogP contribution in [-0.2, 0) is 16.1 Å². The van der Waals surface area contributed by atoms with E-state index in [4.69, 9.17) is 21.1 Å². The molecule has 1 amide bonds. The molecule has 0 spiro atoms. The van der Waals surface area contributed by atoms with E-state index >= 15 is 0 Å². The number of carboxylic acid groups (broad SMARTS) is 1. The zero-order valence-corrected chi connectivity index (χ0v) is 20.9. The summed E-state index contributed by atoms with van der Waals surface area (Å²) < 4.78 is 10.9. The molecule has 0 radical (unpaired) electrons. The number of carboxylic acids is 1. The maximum absolute atomic E-state index is 13.3. The number of aromatic carboxylic acids is 1. The molecule has 190 valence electrons. The van der Waals surface area contributed by atoms with Crippen LogP contribution in [0.4, 0.5) is 0 Å². The van der Waals surface area contributed by atoms with Crippen LogP contribution in [0.15, 0.2) is 72.3 Å². The monoisotopic (exact) mass is 521 g/mol. The van der Waals surface area contributed by atoms with Crippen molar-refractivity contribution in [1.29, 1.82) is 0 Å². The van der Waals surface area contributed by atoms with Crippen molar-refractivity contribution in [1.82, 2.24) is 4.90 Å². The molecule has 8 nitrogen and oxygen atoms in total. The predicted molar refractivity (Wildman–Crippen MR) is 137 cm³/mol. The summed E-state index contributed by atoms with van der Waals surface area (Å²) in [5.74, 6) is -2.24. The van der Waals surface area contributed by atoms with E-state index in [2.05, 4.69) is 0 Å². The standard InChI is InChI=1S/C28H24ClNO7/c1-3-37-22-14-19(11-12-21(22)29)25(31)23-24(18-5-4-6-20(13-18)36-2)30(27(33)26(23)32)15-16-7-9-17(10-8-16)28(34)35/h4-14,24,31H,3,15H2,1-2H3,(H,34,35)/b25-23-. The third kappa shape index (κ3) is 5.15. The molecular formula is C28H24ClNO7. The molecule has 3 aromatic carbocycles. The van der Waals surface area contributed by atoms with Crippen LogP contribution in [0.25, 0.3) is 5.76 Å². The van der Waals surface area contributed by atoms with E-state index in [1.165, 1.54) is 30.2 Å². The molecule has 2 N–H and O–H groups in total. The number of aliphatic hydroxyl groups excluding tert-OH is 1. The molecule has 4 rings (SSSR count). The van der Waals surface area contributed by atoms with Crippen LogP contribution in [-0.4, -0.2) is 46.5 Å². The molecular weight excluding hydrogens is 498 g/mol. The second kappa shape index (κ2) is 10.8. The summed E-state index contributed by atoms with van der Waals surface area (Å²) in [6.07, 6.45) is 0. The van der Waals surface area contributed by atoms with Gasteiger partial charge < -0.3 is 24.6 Å². The molecule has 0 aromatic heterocycles. The van der Waals surface area contributed by atoms with Crippen molar-refractivity contribution >= 4 is 35.0 Å². The molecule has 0 aliphatic carbocycles. The average Bonchev–Trinajstić information content (AvgIpc) is 3.15. The second-order valence-corrected chi connectivity index (χ2v) is 8.69. The Labute approximate surface area is 218 Å². The van der Waals surface area contributed by atoms with Gasteiger partial charge in [0.2, 0.25) is 0 Å². The molecule has 1 heterocycles. The molecule has 1 aliphatic heterocycles. The summed E-state index contributed by atoms with van der Waals surface area (Å²) in [6.45, 7) is 2.15.